The molecule has 0 aromatic carbocycles. The number of esters is 1. The number of thiazole rings is 1. The van der Waals surface area contributed by atoms with Crippen LogP contribution in [0.5, 0.6) is 5.88 Å². The standard InChI is InChI=1S/C14H16N2O3S/c1-4-18-12-11(6-5-9(2)16-12)14(17)19-10(3)13-15-7-8-20-13/h5-8,10H,4H2,1-3H3. The zero-order valence-corrected chi connectivity index (χ0v) is 12.4. The topological polar surface area (TPSA) is 61.3 Å². The van der Waals surface area contributed by atoms with Crippen molar-refractivity contribution in [3.05, 3.63) is 40.0 Å². The van der Waals surface area contributed by atoms with Crippen molar-refractivity contribution in [3.63, 3.8) is 0 Å². The molecule has 0 saturated heterocycles. The molecule has 0 radical (unpaired) electrons. The van der Waals surface area contributed by atoms with Crippen LogP contribution in [0.3, 0.4) is 0 Å². The van der Waals surface area contributed by atoms with Crippen molar-refractivity contribution < 1.29 is 14.3 Å². The van der Waals surface area contributed by atoms with E-state index in [9.17, 15) is 4.79 Å². The van der Waals surface area contributed by atoms with Crippen LogP contribution in [0.1, 0.15) is 41.0 Å². The maximum Gasteiger partial charge on any atom is 0.344 e. The second-order valence-electron chi connectivity index (χ2n) is 4.16. The average molecular weight is 292 g/mol. The first kappa shape index (κ1) is 14.5. The third kappa shape index (κ3) is 3.33. The predicted octanol–water partition coefficient (Wildman–Crippen LogP) is 3.16. The molecule has 0 saturated carbocycles. The molecule has 0 aliphatic carbocycles. The van der Waals surface area contributed by atoms with Crippen molar-refractivity contribution in [1.29, 1.82) is 0 Å². The van der Waals surface area contributed by atoms with Crippen LogP contribution >= 0.6 is 11.3 Å². The molecule has 106 valence electrons. The molecule has 6 heteroatoms. The fraction of sp³-hybridized carbons (Fsp3) is 0.357. The minimum atomic E-state index is -0.455. The number of hydrogen-bond donors (Lipinski definition) is 0. The van der Waals surface area contributed by atoms with Gasteiger partial charge in [0.25, 0.3) is 0 Å². The summed E-state index contributed by atoms with van der Waals surface area (Å²) in [6, 6.07) is 3.43. The first-order valence-corrected chi connectivity index (χ1v) is 7.20. The van der Waals surface area contributed by atoms with E-state index in [0.717, 1.165) is 10.7 Å². The van der Waals surface area contributed by atoms with Crippen LogP contribution < -0.4 is 4.74 Å². The lowest BCUT2D eigenvalue weighted by Gasteiger charge is -2.13. The summed E-state index contributed by atoms with van der Waals surface area (Å²) in [5.41, 5.74) is 1.12. The van der Waals surface area contributed by atoms with Crippen LogP contribution in [0.25, 0.3) is 0 Å². The van der Waals surface area contributed by atoms with E-state index in [0.29, 0.717) is 18.1 Å². The molecular formula is C14H16N2O3S. The molecule has 0 aliphatic rings. The Morgan fingerprint density at radius 1 is 1.45 bits per heavy atom. The van der Waals surface area contributed by atoms with E-state index in [1.54, 1.807) is 25.3 Å². The second kappa shape index (κ2) is 6.47. The van der Waals surface area contributed by atoms with Crippen molar-refractivity contribution >= 4 is 17.3 Å². The van der Waals surface area contributed by atoms with Gasteiger partial charge in [-0.25, -0.2) is 14.8 Å². The number of nitrogens with zero attached hydrogens (tertiary/aromatic N) is 2. The normalized spacial score (nSPS) is 11.9. The third-order valence-electron chi connectivity index (χ3n) is 2.58. The molecule has 1 unspecified atom stereocenters. The van der Waals surface area contributed by atoms with Crippen molar-refractivity contribution in [3.8, 4) is 5.88 Å². The summed E-state index contributed by atoms with van der Waals surface area (Å²) in [5, 5.41) is 2.61. The molecular weight excluding hydrogens is 276 g/mol. The van der Waals surface area contributed by atoms with E-state index < -0.39 is 12.1 Å². The number of pyridine rings is 1. The summed E-state index contributed by atoms with van der Waals surface area (Å²) in [4.78, 5) is 20.5. The quantitative estimate of drug-likeness (QED) is 0.792. The summed E-state index contributed by atoms with van der Waals surface area (Å²) in [5.74, 6) is -0.146. The van der Waals surface area contributed by atoms with Gasteiger partial charge in [0.1, 0.15) is 10.6 Å². The summed E-state index contributed by atoms with van der Waals surface area (Å²) < 4.78 is 10.8. The first-order chi connectivity index (χ1) is 9.61. The summed E-state index contributed by atoms with van der Waals surface area (Å²) in [6.45, 7) is 5.92. The van der Waals surface area contributed by atoms with Gasteiger partial charge in [-0.05, 0) is 32.9 Å². The van der Waals surface area contributed by atoms with E-state index in [1.807, 2.05) is 19.2 Å². The van der Waals surface area contributed by atoms with Gasteiger partial charge in [0, 0.05) is 17.3 Å². The summed E-state index contributed by atoms with van der Waals surface area (Å²) in [6.07, 6.45) is 1.29. The zero-order chi connectivity index (χ0) is 14.5. The maximum atomic E-state index is 12.2. The Kier molecular flexibility index (Phi) is 4.68. The highest BCUT2D eigenvalue weighted by Gasteiger charge is 2.20. The van der Waals surface area contributed by atoms with Crippen LogP contribution in [0.2, 0.25) is 0 Å². The fourth-order valence-corrected chi connectivity index (χ4v) is 2.27. The number of aromatic nitrogens is 2. The van der Waals surface area contributed by atoms with Crippen LogP contribution in [-0.4, -0.2) is 22.5 Å². The summed E-state index contributed by atoms with van der Waals surface area (Å²) >= 11 is 1.45. The molecule has 0 fully saturated rings. The molecule has 1 atom stereocenters. The first-order valence-electron chi connectivity index (χ1n) is 6.32. The van der Waals surface area contributed by atoms with E-state index in [1.165, 1.54) is 11.3 Å². The Balaban J connectivity index is 2.16. The summed E-state index contributed by atoms with van der Waals surface area (Å²) in [7, 11) is 0. The van der Waals surface area contributed by atoms with E-state index in [2.05, 4.69) is 9.97 Å². The molecule has 2 heterocycles. The van der Waals surface area contributed by atoms with Gasteiger partial charge in [-0.1, -0.05) is 0 Å². The number of ether oxygens (including phenoxy) is 2. The highest BCUT2D eigenvalue weighted by molar-refractivity contribution is 7.09. The van der Waals surface area contributed by atoms with Crippen molar-refractivity contribution in [2.45, 2.75) is 26.9 Å². The minimum Gasteiger partial charge on any atom is -0.477 e. The monoisotopic (exact) mass is 292 g/mol. The van der Waals surface area contributed by atoms with Crippen molar-refractivity contribution in [1.82, 2.24) is 9.97 Å². The van der Waals surface area contributed by atoms with Crippen LogP contribution in [0.4, 0.5) is 0 Å². The van der Waals surface area contributed by atoms with Gasteiger partial charge in [-0.3, -0.25) is 0 Å². The lowest BCUT2D eigenvalue weighted by Crippen LogP contribution is -2.12. The van der Waals surface area contributed by atoms with Gasteiger partial charge in [0.2, 0.25) is 5.88 Å². The lowest BCUT2D eigenvalue weighted by atomic mass is 10.2. The van der Waals surface area contributed by atoms with Gasteiger partial charge < -0.3 is 9.47 Å². The second-order valence-corrected chi connectivity index (χ2v) is 5.08. The molecule has 2 aromatic heterocycles. The molecule has 2 rings (SSSR count). The number of aryl methyl sites for hydroxylation is 1. The van der Waals surface area contributed by atoms with E-state index in [-0.39, 0.29) is 0 Å². The molecule has 0 aliphatic heterocycles. The molecule has 2 aromatic rings. The van der Waals surface area contributed by atoms with Gasteiger partial charge >= 0.3 is 5.97 Å². The molecule has 20 heavy (non-hydrogen) atoms. The van der Waals surface area contributed by atoms with Crippen LogP contribution in [-0.2, 0) is 4.74 Å². The zero-order valence-electron chi connectivity index (χ0n) is 11.6. The van der Waals surface area contributed by atoms with Gasteiger partial charge in [0.05, 0.1) is 6.61 Å². The Hall–Kier alpha value is -1.95. The Bertz CT molecular complexity index is 584. The third-order valence-corrected chi connectivity index (χ3v) is 3.52. The van der Waals surface area contributed by atoms with Gasteiger partial charge in [0.15, 0.2) is 6.10 Å². The maximum absolute atomic E-state index is 12.2. The lowest BCUT2D eigenvalue weighted by molar-refractivity contribution is 0.0332. The number of hydrogen-bond acceptors (Lipinski definition) is 6. The molecule has 0 N–H and O–H groups in total. The van der Waals surface area contributed by atoms with Crippen molar-refractivity contribution in [2.75, 3.05) is 6.61 Å². The molecule has 5 nitrogen and oxygen atoms in total. The molecule has 0 spiro atoms. The minimum absolute atomic E-state index is 0.309. The number of carbonyl (C=O) groups excluding carboxylic acids is 1. The van der Waals surface area contributed by atoms with Crippen molar-refractivity contribution in [2.24, 2.45) is 0 Å². The Morgan fingerprint density at radius 3 is 2.90 bits per heavy atom. The smallest absolute Gasteiger partial charge is 0.344 e. The van der Waals surface area contributed by atoms with E-state index in [4.69, 9.17) is 9.47 Å². The highest BCUT2D eigenvalue weighted by Crippen LogP contribution is 2.23. The number of rotatable bonds is 5. The molecule has 0 amide bonds. The Labute approximate surface area is 121 Å². The average Bonchev–Trinajstić information content (AvgIpc) is 2.93. The van der Waals surface area contributed by atoms with Crippen LogP contribution in [0, 0.1) is 6.92 Å². The SMILES string of the molecule is CCOc1nc(C)ccc1C(=O)OC(C)c1nccs1. The Morgan fingerprint density at radius 2 is 2.25 bits per heavy atom. The molecule has 0 bridgehead atoms. The van der Waals surface area contributed by atoms with Gasteiger partial charge in [-0.2, -0.15) is 0 Å². The van der Waals surface area contributed by atoms with Gasteiger partial charge in [-0.15, -0.1) is 11.3 Å². The fourth-order valence-electron chi connectivity index (χ4n) is 1.64. The largest absolute Gasteiger partial charge is 0.477 e. The highest BCUT2D eigenvalue weighted by atomic mass is 32.1. The van der Waals surface area contributed by atoms with Crippen LogP contribution in [0.15, 0.2) is 23.7 Å². The van der Waals surface area contributed by atoms with E-state index >= 15 is 0 Å². The predicted molar refractivity (Wildman–Crippen MR) is 76.1 cm³/mol. The number of carbonyl (C=O) groups is 1.